The average Bonchev–Trinajstić information content (AvgIpc) is 3.48. The summed E-state index contributed by atoms with van der Waals surface area (Å²) < 4.78 is 0. The second-order valence-electron chi connectivity index (χ2n) is 11.0. The van der Waals surface area contributed by atoms with Crippen molar-refractivity contribution in [1.29, 1.82) is 0 Å². The first kappa shape index (κ1) is 32.4. The number of aromatic nitrogens is 1. The molecule has 0 radical (unpaired) electrons. The van der Waals surface area contributed by atoms with E-state index >= 15 is 0 Å². The van der Waals surface area contributed by atoms with E-state index in [1.54, 1.807) is 42.5 Å². The summed E-state index contributed by atoms with van der Waals surface area (Å²) in [6.07, 6.45) is 1.69. The van der Waals surface area contributed by atoms with E-state index in [-0.39, 0.29) is 17.5 Å². The third-order valence-electron chi connectivity index (χ3n) is 7.52. The van der Waals surface area contributed by atoms with Crippen LogP contribution in [0.3, 0.4) is 0 Å². The first-order chi connectivity index (χ1) is 23.3. The van der Waals surface area contributed by atoms with Gasteiger partial charge in [0.2, 0.25) is 5.91 Å². The number of rotatable bonds is 10. The molecule has 1 aromatic heterocycles. The quantitative estimate of drug-likeness (QED) is 0.100. The Morgan fingerprint density at radius 2 is 1.44 bits per heavy atom. The van der Waals surface area contributed by atoms with E-state index in [1.165, 1.54) is 23.1 Å². The summed E-state index contributed by atoms with van der Waals surface area (Å²) in [7, 11) is 0. The third-order valence-corrected chi connectivity index (χ3v) is 9.52. The second-order valence-corrected chi connectivity index (χ2v) is 13.6. The fourth-order valence-electron chi connectivity index (χ4n) is 5.07. The number of thioether (sulfide) groups is 1. The van der Waals surface area contributed by atoms with Gasteiger partial charge in [0, 0.05) is 26.6 Å². The number of hydrogen-bond acceptors (Lipinski definition) is 6. The van der Waals surface area contributed by atoms with Gasteiger partial charge in [-0.3, -0.25) is 14.4 Å². The number of benzene rings is 5. The van der Waals surface area contributed by atoms with Gasteiger partial charge in [-0.15, -0.1) is 23.1 Å². The van der Waals surface area contributed by atoms with Crippen LogP contribution in [0.4, 0.5) is 10.8 Å². The molecule has 3 amide bonds. The Morgan fingerprint density at radius 3 is 2.19 bits per heavy atom. The Balaban J connectivity index is 1.13. The number of aryl methyl sites for hydroxylation is 1. The van der Waals surface area contributed by atoms with Crippen molar-refractivity contribution in [3.63, 3.8) is 0 Å². The summed E-state index contributed by atoms with van der Waals surface area (Å²) in [6.45, 7) is 3.84. The first-order valence-corrected chi connectivity index (χ1v) is 17.0. The van der Waals surface area contributed by atoms with Crippen molar-refractivity contribution in [2.24, 2.45) is 0 Å². The number of hydrogen-bond donors (Lipinski definition) is 3. The van der Waals surface area contributed by atoms with E-state index < -0.39 is 11.2 Å². The number of nitrogens with zero attached hydrogens (tertiary/aromatic N) is 1. The average molecular weight is 669 g/mol. The van der Waals surface area contributed by atoms with Gasteiger partial charge in [0.15, 0.2) is 5.13 Å². The van der Waals surface area contributed by atoms with Gasteiger partial charge >= 0.3 is 0 Å². The van der Waals surface area contributed by atoms with E-state index in [1.807, 2.05) is 105 Å². The molecular weight excluding hydrogens is 637 g/mol. The lowest BCUT2D eigenvalue weighted by Crippen LogP contribution is -2.30. The van der Waals surface area contributed by atoms with Crippen LogP contribution in [0.25, 0.3) is 28.1 Å². The Kier molecular flexibility index (Phi) is 10.1. The molecule has 0 saturated carbocycles. The van der Waals surface area contributed by atoms with Gasteiger partial charge in [-0.05, 0) is 72.7 Å². The molecule has 0 saturated heterocycles. The van der Waals surface area contributed by atoms with Crippen molar-refractivity contribution in [3.8, 4) is 11.3 Å². The molecule has 238 valence electrons. The Morgan fingerprint density at radius 1 is 0.771 bits per heavy atom. The van der Waals surface area contributed by atoms with E-state index in [2.05, 4.69) is 20.9 Å². The number of amides is 3. The maximum Gasteiger partial charge on any atom is 0.272 e. The van der Waals surface area contributed by atoms with E-state index in [4.69, 9.17) is 0 Å². The van der Waals surface area contributed by atoms with E-state index in [9.17, 15) is 14.4 Å². The van der Waals surface area contributed by atoms with Crippen LogP contribution in [0.5, 0.6) is 0 Å². The third kappa shape index (κ3) is 7.88. The van der Waals surface area contributed by atoms with Gasteiger partial charge in [-0.25, -0.2) is 4.98 Å². The van der Waals surface area contributed by atoms with Gasteiger partial charge in [0.25, 0.3) is 11.8 Å². The monoisotopic (exact) mass is 668 g/mol. The molecule has 0 bridgehead atoms. The molecule has 1 unspecified atom stereocenters. The maximum absolute atomic E-state index is 13.6. The van der Waals surface area contributed by atoms with Crippen LogP contribution < -0.4 is 16.0 Å². The summed E-state index contributed by atoms with van der Waals surface area (Å²) in [5.41, 5.74) is 3.77. The van der Waals surface area contributed by atoms with Crippen LogP contribution in [-0.4, -0.2) is 28.0 Å². The van der Waals surface area contributed by atoms with Crippen molar-refractivity contribution >= 4 is 68.5 Å². The van der Waals surface area contributed by atoms with Crippen molar-refractivity contribution < 1.29 is 14.4 Å². The minimum absolute atomic E-state index is 0.108. The molecule has 7 nitrogen and oxygen atoms in total. The highest BCUT2D eigenvalue weighted by Gasteiger charge is 2.19. The molecule has 0 aliphatic rings. The normalized spacial score (nSPS) is 11.9. The molecule has 1 heterocycles. The fraction of sp³-hybridized carbons (Fsp3) is 0.0769. The summed E-state index contributed by atoms with van der Waals surface area (Å²) >= 11 is 2.86. The largest absolute Gasteiger partial charge is 0.321 e. The lowest BCUT2D eigenvalue weighted by Gasteiger charge is -2.13. The van der Waals surface area contributed by atoms with Crippen LogP contribution in [0.15, 0.2) is 138 Å². The molecule has 5 aromatic carbocycles. The number of thiazole rings is 1. The second kappa shape index (κ2) is 14.9. The summed E-state index contributed by atoms with van der Waals surface area (Å²) in [5, 5.41) is 10.8. The molecule has 9 heteroatoms. The predicted octanol–water partition coefficient (Wildman–Crippen LogP) is 8.80. The molecule has 3 N–H and O–H groups in total. The zero-order chi connectivity index (χ0) is 33.5. The van der Waals surface area contributed by atoms with Crippen LogP contribution in [0.1, 0.15) is 27.7 Å². The predicted molar refractivity (Wildman–Crippen MR) is 197 cm³/mol. The smallest absolute Gasteiger partial charge is 0.272 e. The molecular formula is C39H32N4O3S2. The van der Waals surface area contributed by atoms with Gasteiger partial charge in [-0.1, -0.05) is 91.0 Å². The Bertz CT molecular complexity index is 2110. The Labute approximate surface area is 287 Å². The highest BCUT2D eigenvalue weighted by molar-refractivity contribution is 8.00. The molecule has 6 aromatic rings. The number of carbonyl (C=O) groups excluding carboxylic acids is 3. The lowest BCUT2D eigenvalue weighted by molar-refractivity contribution is -0.115. The summed E-state index contributed by atoms with van der Waals surface area (Å²) in [5.74, 6) is -1.00. The minimum atomic E-state index is -0.464. The SMILES string of the molecule is Cc1sc(NC(=O)C(C)Sc2ccc(NC(=O)/C(=C/c3cccc4ccccc34)NC(=O)c3ccccc3)cc2)nc1-c1ccccc1. The van der Waals surface area contributed by atoms with Crippen LogP contribution in [-0.2, 0) is 9.59 Å². The molecule has 0 spiro atoms. The fourth-order valence-corrected chi connectivity index (χ4v) is 6.77. The summed E-state index contributed by atoms with van der Waals surface area (Å²) in [6, 6.07) is 39.6. The van der Waals surface area contributed by atoms with Crippen molar-refractivity contribution in [2.75, 3.05) is 10.6 Å². The first-order valence-electron chi connectivity index (χ1n) is 15.3. The number of fused-ring (bicyclic) bond motifs is 1. The lowest BCUT2D eigenvalue weighted by atomic mass is 10.0. The zero-order valence-electron chi connectivity index (χ0n) is 26.3. The maximum atomic E-state index is 13.6. The van der Waals surface area contributed by atoms with Crippen LogP contribution in [0.2, 0.25) is 0 Å². The van der Waals surface area contributed by atoms with Crippen molar-refractivity contribution in [2.45, 2.75) is 24.0 Å². The van der Waals surface area contributed by atoms with E-state index in [0.717, 1.165) is 37.4 Å². The summed E-state index contributed by atoms with van der Waals surface area (Å²) in [4.78, 5) is 46.3. The molecule has 0 aliphatic carbocycles. The van der Waals surface area contributed by atoms with Crippen LogP contribution in [0, 0.1) is 6.92 Å². The minimum Gasteiger partial charge on any atom is -0.321 e. The number of carbonyl (C=O) groups is 3. The standard InChI is InChI=1S/C39H32N4O3S2/c1-25-35(28-13-5-3-6-14-28)42-39(48-25)43-36(44)26(2)47-32-22-20-31(21-23-32)40-38(46)34(41-37(45)29-15-7-4-8-16-29)24-30-18-11-17-27-12-9-10-19-33(27)30/h3-24,26H,1-2H3,(H,40,46)(H,41,45)(H,42,43,44)/b34-24-. The topological polar surface area (TPSA) is 100 Å². The zero-order valence-corrected chi connectivity index (χ0v) is 27.9. The van der Waals surface area contributed by atoms with Gasteiger partial charge < -0.3 is 16.0 Å². The highest BCUT2D eigenvalue weighted by atomic mass is 32.2. The highest BCUT2D eigenvalue weighted by Crippen LogP contribution is 2.31. The van der Waals surface area contributed by atoms with Crippen molar-refractivity contribution in [3.05, 3.63) is 149 Å². The molecule has 48 heavy (non-hydrogen) atoms. The van der Waals surface area contributed by atoms with Crippen molar-refractivity contribution in [1.82, 2.24) is 10.3 Å². The molecule has 0 fully saturated rings. The number of anilines is 2. The molecule has 0 aliphatic heterocycles. The van der Waals surface area contributed by atoms with Gasteiger partial charge in [0.1, 0.15) is 5.70 Å². The molecule has 1 atom stereocenters. The Hall–Kier alpha value is -5.51. The van der Waals surface area contributed by atoms with Gasteiger partial charge in [-0.2, -0.15) is 0 Å². The van der Waals surface area contributed by atoms with Crippen LogP contribution >= 0.6 is 23.1 Å². The number of nitrogens with one attached hydrogen (secondary N) is 3. The van der Waals surface area contributed by atoms with Gasteiger partial charge in [0.05, 0.1) is 10.9 Å². The molecule has 6 rings (SSSR count). The van der Waals surface area contributed by atoms with E-state index in [0.29, 0.717) is 16.4 Å².